The number of hydrogen-bond donors (Lipinski definition) is 2. The minimum atomic E-state index is -3.58. The molecule has 1 fully saturated rings. The van der Waals surface area contributed by atoms with E-state index in [2.05, 4.69) is 10.2 Å². The number of nitrogens with one attached hydrogen (secondary N) is 1. The van der Waals surface area contributed by atoms with Crippen molar-refractivity contribution in [1.82, 2.24) is 14.5 Å². The van der Waals surface area contributed by atoms with Crippen molar-refractivity contribution in [2.24, 2.45) is 5.41 Å². The quantitative estimate of drug-likeness (QED) is 0.847. The Bertz CT molecular complexity index is 545. The first-order valence-electron chi connectivity index (χ1n) is 6.15. The number of carbonyl (C=O) groups is 1. The van der Waals surface area contributed by atoms with Crippen molar-refractivity contribution >= 4 is 16.0 Å². The van der Waals surface area contributed by atoms with Gasteiger partial charge < -0.3 is 5.11 Å². The molecule has 106 valence electrons. The number of aromatic amines is 1. The van der Waals surface area contributed by atoms with Gasteiger partial charge in [0.2, 0.25) is 0 Å². The van der Waals surface area contributed by atoms with Gasteiger partial charge in [-0.2, -0.15) is 9.40 Å². The van der Waals surface area contributed by atoms with Crippen LogP contribution in [-0.2, 0) is 14.8 Å². The van der Waals surface area contributed by atoms with E-state index in [-0.39, 0.29) is 18.1 Å². The lowest BCUT2D eigenvalue weighted by atomic mass is 9.77. The molecule has 1 aromatic rings. The second-order valence-corrected chi connectivity index (χ2v) is 6.67. The molecule has 0 bridgehead atoms. The Hall–Kier alpha value is -1.41. The van der Waals surface area contributed by atoms with Crippen LogP contribution in [0.1, 0.15) is 26.2 Å². The summed E-state index contributed by atoms with van der Waals surface area (Å²) in [5.41, 5.74) is -0.792. The van der Waals surface area contributed by atoms with Crippen molar-refractivity contribution in [2.75, 3.05) is 13.1 Å². The van der Waals surface area contributed by atoms with E-state index >= 15 is 0 Å². The van der Waals surface area contributed by atoms with Crippen LogP contribution >= 0.6 is 0 Å². The van der Waals surface area contributed by atoms with Crippen molar-refractivity contribution in [3.63, 3.8) is 0 Å². The average molecular weight is 287 g/mol. The summed E-state index contributed by atoms with van der Waals surface area (Å²) in [6.45, 7) is 2.27. The van der Waals surface area contributed by atoms with Crippen molar-refractivity contribution in [3.8, 4) is 0 Å². The van der Waals surface area contributed by atoms with E-state index in [4.69, 9.17) is 0 Å². The van der Waals surface area contributed by atoms with Crippen molar-refractivity contribution in [1.29, 1.82) is 0 Å². The maximum absolute atomic E-state index is 12.2. The van der Waals surface area contributed by atoms with Gasteiger partial charge >= 0.3 is 5.97 Å². The first kappa shape index (κ1) is 14.0. The van der Waals surface area contributed by atoms with Gasteiger partial charge in [-0.25, -0.2) is 8.42 Å². The van der Waals surface area contributed by atoms with E-state index < -0.39 is 21.4 Å². The second kappa shape index (κ2) is 4.93. The SMILES string of the molecule is CCC1(C(=O)O)CCN(S(=O)(=O)c2ccn[nH]2)CC1. The molecule has 2 rings (SSSR count). The normalized spacial score (nSPS) is 20.3. The molecule has 2 N–H and O–H groups in total. The minimum Gasteiger partial charge on any atom is -0.481 e. The first-order chi connectivity index (χ1) is 8.92. The third-order valence-electron chi connectivity index (χ3n) is 3.90. The number of hydrogen-bond acceptors (Lipinski definition) is 4. The Balaban J connectivity index is 2.15. The fourth-order valence-electron chi connectivity index (χ4n) is 2.40. The Kier molecular flexibility index (Phi) is 3.64. The third-order valence-corrected chi connectivity index (χ3v) is 5.73. The number of piperidine rings is 1. The van der Waals surface area contributed by atoms with Crippen LogP contribution in [0.25, 0.3) is 0 Å². The molecule has 0 radical (unpaired) electrons. The van der Waals surface area contributed by atoms with Gasteiger partial charge in [0, 0.05) is 13.1 Å². The molecule has 0 spiro atoms. The summed E-state index contributed by atoms with van der Waals surface area (Å²) in [6.07, 6.45) is 2.57. The Morgan fingerprint density at radius 2 is 2.16 bits per heavy atom. The number of nitrogens with zero attached hydrogens (tertiary/aromatic N) is 2. The summed E-state index contributed by atoms with van der Waals surface area (Å²) in [5.74, 6) is -0.839. The fraction of sp³-hybridized carbons (Fsp3) is 0.636. The zero-order valence-corrected chi connectivity index (χ0v) is 11.5. The van der Waals surface area contributed by atoms with Crippen LogP contribution in [0.4, 0.5) is 0 Å². The van der Waals surface area contributed by atoms with Crippen LogP contribution in [0.3, 0.4) is 0 Å². The van der Waals surface area contributed by atoms with E-state index in [1.165, 1.54) is 16.6 Å². The highest BCUT2D eigenvalue weighted by Gasteiger charge is 2.42. The van der Waals surface area contributed by atoms with E-state index in [0.717, 1.165) is 0 Å². The van der Waals surface area contributed by atoms with Gasteiger partial charge in [-0.05, 0) is 25.3 Å². The standard InChI is InChI=1S/C11H17N3O4S/c1-2-11(10(15)16)4-7-14(8-5-11)19(17,18)9-3-6-12-13-9/h3,6H,2,4-5,7-8H2,1H3,(H,12,13)(H,15,16). The summed E-state index contributed by atoms with van der Waals surface area (Å²) < 4.78 is 25.8. The van der Waals surface area contributed by atoms with Crippen LogP contribution in [-0.4, -0.2) is 47.1 Å². The molecule has 19 heavy (non-hydrogen) atoms. The molecular weight excluding hydrogens is 270 g/mol. The van der Waals surface area contributed by atoms with Crippen molar-refractivity contribution < 1.29 is 18.3 Å². The number of rotatable bonds is 4. The molecule has 0 saturated carbocycles. The molecular formula is C11H17N3O4S. The number of aliphatic carboxylic acids is 1. The lowest BCUT2D eigenvalue weighted by Crippen LogP contribution is -2.46. The van der Waals surface area contributed by atoms with Gasteiger partial charge in [0.1, 0.15) is 0 Å². The molecule has 0 aliphatic carbocycles. The molecule has 0 unspecified atom stereocenters. The summed E-state index contributed by atoms with van der Waals surface area (Å²) in [4.78, 5) is 11.3. The highest BCUT2D eigenvalue weighted by Crippen LogP contribution is 2.36. The maximum Gasteiger partial charge on any atom is 0.309 e. The first-order valence-corrected chi connectivity index (χ1v) is 7.59. The minimum absolute atomic E-state index is 0.0480. The van der Waals surface area contributed by atoms with Gasteiger partial charge in [-0.1, -0.05) is 6.92 Å². The van der Waals surface area contributed by atoms with E-state index in [0.29, 0.717) is 19.3 Å². The zero-order chi connectivity index (χ0) is 14.1. The summed E-state index contributed by atoms with van der Waals surface area (Å²) in [7, 11) is -3.58. The van der Waals surface area contributed by atoms with Crippen molar-refractivity contribution in [3.05, 3.63) is 12.3 Å². The summed E-state index contributed by atoms with van der Waals surface area (Å²) >= 11 is 0. The second-order valence-electron chi connectivity index (χ2n) is 4.76. The molecule has 0 amide bonds. The van der Waals surface area contributed by atoms with E-state index in [1.807, 2.05) is 6.92 Å². The molecule has 8 heteroatoms. The van der Waals surface area contributed by atoms with Gasteiger partial charge in [0.05, 0.1) is 11.6 Å². The summed E-state index contributed by atoms with van der Waals surface area (Å²) in [5, 5.41) is 15.4. The molecule has 0 atom stereocenters. The number of carboxylic acids is 1. The van der Waals surface area contributed by atoms with Gasteiger partial charge in [0.15, 0.2) is 5.03 Å². The fourth-order valence-corrected chi connectivity index (χ4v) is 3.74. The number of H-pyrrole nitrogens is 1. The predicted molar refractivity (Wildman–Crippen MR) is 66.9 cm³/mol. The Labute approximate surface area is 111 Å². The zero-order valence-electron chi connectivity index (χ0n) is 10.7. The smallest absolute Gasteiger partial charge is 0.309 e. The lowest BCUT2D eigenvalue weighted by Gasteiger charge is -2.37. The largest absolute Gasteiger partial charge is 0.481 e. The molecule has 1 aliphatic heterocycles. The maximum atomic E-state index is 12.2. The molecule has 1 aliphatic rings. The Morgan fingerprint density at radius 3 is 2.58 bits per heavy atom. The van der Waals surface area contributed by atoms with E-state index in [9.17, 15) is 18.3 Å². The molecule has 1 saturated heterocycles. The van der Waals surface area contributed by atoms with Gasteiger partial charge in [-0.3, -0.25) is 9.89 Å². The van der Waals surface area contributed by atoms with Crippen LogP contribution in [0.15, 0.2) is 17.3 Å². The van der Waals surface area contributed by atoms with Crippen molar-refractivity contribution in [2.45, 2.75) is 31.2 Å². The summed E-state index contributed by atoms with van der Waals surface area (Å²) in [6, 6.07) is 1.40. The average Bonchev–Trinajstić information content (AvgIpc) is 2.93. The predicted octanol–water partition coefficient (Wildman–Crippen LogP) is 0.675. The van der Waals surface area contributed by atoms with Crippen LogP contribution in [0, 0.1) is 5.41 Å². The number of carboxylic acid groups (broad SMARTS) is 1. The van der Waals surface area contributed by atoms with Crippen LogP contribution in [0.5, 0.6) is 0 Å². The monoisotopic (exact) mass is 287 g/mol. The van der Waals surface area contributed by atoms with Gasteiger partial charge in [-0.15, -0.1) is 0 Å². The molecule has 1 aromatic heterocycles. The highest BCUT2D eigenvalue weighted by atomic mass is 32.2. The highest BCUT2D eigenvalue weighted by molar-refractivity contribution is 7.89. The van der Waals surface area contributed by atoms with Gasteiger partial charge in [0.25, 0.3) is 10.0 Å². The van der Waals surface area contributed by atoms with Crippen LogP contribution < -0.4 is 0 Å². The van der Waals surface area contributed by atoms with Crippen LogP contribution in [0.2, 0.25) is 0 Å². The topological polar surface area (TPSA) is 103 Å². The molecule has 7 nitrogen and oxygen atoms in total. The number of aromatic nitrogens is 2. The molecule has 0 aromatic carbocycles. The molecule has 2 heterocycles. The number of sulfonamides is 1. The lowest BCUT2D eigenvalue weighted by molar-refractivity contribution is -0.151. The third kappa shape index (κ3) is 2.37. The van der Waals surface area contributed by atoms with E-state index in [1.54, 1.807) is 0 Å². The Morgan fingerprint density at radius 1 is 1.53 bits per heavy atom.